The number of nitrogens with one attached hydrogen (secondary N) is 1. The molecule has 2 aliphatic heterocycles. The van der Waals surface area contributed by atoms with E-state index in [0.29, 0.717) is 34.0 Å². The number of Topliss-reactive ketones (excluding diaryl/α,β-unsaturated/α-hetero) is 1. The summed E-state index contributed by atoms with van der Waals surface area (Å²) in [5.74, 6) is -0.330. The van der Waals surface area contributed by atoms with E-state index in [2.05, 4.69) is 19.2 Å². The molecule has 0 aromatic heterocycles. The maximum atomic E-state index is 13.9. The van der Waals surface area contributed by atoms with Crippen LogP contribution in [0.1, 0.15) is 60.4 Å². The molecule has 0 amide bonds. The summed E-state index contributed by atoms with van der Waals surface area (Å²) in [4.78, 5) is 28.8. The van der Waals surface area contributed by atoms with E-state index >= 15 is 0 Å². The van der Waals surface area contributed by atoms with Crippen molar-refractivity contribution in [1.82, 2.24) is 0 Å². The van der Waals surface area contributed by atoms with E-state index in [1.807, 2.05) is 53.4 Å². The Bertz CT molecular complexity index is 1460. The topological polar surface area (TPSA) is 58.6 Å². The lowest BCUT2D eigenvalue weighted by Gasteiger charge is -2.40. The first-order valence-corrected chi connectivity index (χ1v) is 12.6. The first kappa shape index (κ1) is 23.1. The van der Waals surface area contributed by atoms with Crippen molar-refractivity contribution in [2.45, 2.75) is 39.0 Å². The Morgan fingerprint density at radius 1 is 0.944 bits per heavy atom. The van der Waals surface area contributed by atoms with Crippen LogP contribution in [0.3, 0.4) is 0 Å². The lowest BCUT2D eigenvalue weighted by molar-refractivity contribution is -0.118. The van der Waals surface area contributed by atoms with Crippen molar-refractivity contribution in [3.05, 3.63) is 105 Å². The number of fused-ring (bicyclic) bond motifs is 2. The second-order valence-electron chi connectivity index (χ2n) is 10.3. The predicted octanol–water partition coefficient (Wildman–Crippen LogP) is 7.48. The van der Waals surface area contributed by atoms with Gasteiger partial charge in [-0.15, -0.1) is 0 Å². The fraction of sp³-hybridized carbons (Fsp3) is 0.241. The summed E-state index contributed by atoms with van der Waals surface area (Å²) in [7, 11) is 0. The molecule has 0 unspecified atom stereocenters. The molecule has 182 valence electrons. The van der Waals surface area contributed by atoms with E-state index in [1.165, 1.54) is 0 Å². The zero-order valence-corrected chi connectivity index (χ0v) is 21.4. The SMILES string of the molecule is CC1(C)CC(=O)C2=C(C1)Nc1ccccc1N([C@@H]1OC(=O)c3ccccc31)[C@@H]2c1ccc(Cl)c(Cl)c1. The Morgan fingerprint density at radius 3 is 2.50 bits per heavy atom. The van der Waals surface area contributed by atoms with Crippen LogP contribution in [-0.2, 0) is 9.53 Å². The van der Waals surface area contributed by atoms with Gasteiger partial charge in [-0.3, -0.25) is 4.79 Å². The van der Waals surface area contributed by atoms with Crippen molar-refractivity contribution >= 4 is 46.3 Å². The molecule has 1 aliphatic carbocycles. The molecule has 3 aromatic carbocycles. The third kappa shape index (κ3) is 3.69. The third-order valence-electron chi connectivity index (χ3n) is 7.12. The van der Waals surface area contributed by atoms with Crippen LogP contribution >= 0.6 is 23.2 Å². The van der Waals surface area contributed by atoms with Gasteiger partial charge in [-0.25, -0.2) is 4.79 Å². The number of allylic oxidation sites excluding steroid dienone is 1. The Labute approximate surface area is 219 Å². The number of benzene rings is 3. The first-order chi connectivity index (χ1) is 17.2. The Morgan fingerprint density at radius 2 is 1.69 bits per heavy atom. The molecule has 3 aromatic rings. The van der Waals surface area contributed by atoms with E-state index in [0.717, 1.165) is 28.2 Å². The third-order valence-corrected chi connectivity index (χ3v) is 7.86. The maximum absolute atomic E-state index is 13.9. The number of cyclic esters (lactones) is 1. The van der Waals surface area contributed by atoms with Crippen LogP contribution in [-0.4, -0.2) is 11.8 Å². The molecular weight excluding hydrogens is 495 g/mol. The highest BCUT2D eigenvalue weighted by Crippen LogP contribution is 2.52. The summed E-state index contributed by atoms with van der Waals surface area (Å²) in [6.45, 7) is 4.21. The van der Waals surface area contributed by atoms with Gasteiger partial charge < -0.3 is 15.0 Å². The second-order valence-corrected chi connectivity index (χ2v) is 11.1. The second kappa shape index (κ2) is 8.39. The van der Waals surface area contributed by atoms with Crippen LogP contribution in [0.5, 0.6) is 0 Å². The van der Waals surface area contributed by atoms with E-state index in [1.54, 1.807) is 18.2 Å². The molecule has 0 saturated heterocycles. The van der Waals surface area contributed by atoms with Crippen LogP contribution < -0.4 is 10.2 Å². The highest BCUT2D eigenvalue weighted by molar-refractivity contribution is 6.42. The normalized spacial score (nSPS) is 22.3. The average molecular weight is 519 g/mol. The zero-order chi connectivity index (χ0) is 25.2. The number of carbonyl (C=O) groups is 2. The lowest BCUT2D eigenvalue weighted by atomic mass is 9.73. The van der Waals surface area contributed by atoms with Crippen LogP contribution in [0.15, 0.2) is 78.0 Å². The number of hydrogen-bond donors (Lipinski definition) is 1. The number of carbonyl (C=O) groups excluding carboxylic acids is 2. The van der Waals surface area contributed by atoms with Gasteiger partial charge in [0.2, 0.25) is 6.23 Å². The number of ketones is 1. The summed E-state index contributed by atoms with van der Waals surface area (Å²) >= 11 is 12.8. The molecule has 0 fully saturated rings. The molecule has 0 bridgehead atoms. The zero-order valence-electron chi connectivity index (χ0n) is 19.8. The van der Waals surface area contributed by atoms with E-state index < -0.39 is 12.3 Å². The summed E-state index contributed by atoms with van der Waals surface area (Å²) in [6.07, 6.45) is 0.386. The van der Waals surface area contributed by atoms with Crippen molar-refractivity contribution in [3.8, 4) is 0 Å². The van der Waals surface area contributed by atoms with Crippen molar-refractivity contribution in [2.75, 3.05) is 10.2 Å². The van der Waals surface area contributed by atoms with E-state index in [-0.39, 0.29) is 17.2 Å². The number of para-hydroxylation sites is 2. The highest BCUT2D eigenvalue weighted by atomic mass is 35.5. The maximum Gasteiger partial charge on any atom is 0.340 e. The van der Waals surface area contributed by atoms with Crippen molar-refractivity contribution in [1.29, 1.82) is 0 Å². The minimum Gasteiger partial charge on any atom is -0.433 e. The van der Waals surface area contributed by atoms with Gasteiger partial charge in [0.1, 0.15) is 0 Å². The summed E-state index contributed by atoms with van der Waals surface area (Å²) in [5, 5.41) is 4.41. The minimum absolute atomic E-state index is 0.0558. The fourth-order valence-corrected chi connectivity index (χ4v) is 5.92. The van der Waals surface area contributed by atoms with Crippen LogP contribution in [0, 0.1) is 5.41 Å². The van der Waals surface area contributed by atoms with Gasteiger partial charge in [0, 0.05) is 23.3 Å². The number of ether oxygens (including phenoxy) is 1. The van der Waals surface area contributed by atoms with E-state index in [9.17, 15) is 9.59 Å². The molecule has 0 saturated carbocycles. The molecule has 36 heavy (non-hydrogen) atoms. The average Bonchev–Trinajstić information content (AvgIpc) is 3.08. The number of halogens is 2. The van der Waals surface area contributed by atoms with Gasteiger partial charge in [-0.05, 0) is 47.7 Å². The molecule has 5 nitrogen and oxygen atoms in total. The first-order valence-electron chi connectivity index (χ1n) is 11.9. The number of rotatable bonds is 2. The van der Waals surface area contributed by atoms with Crippen LogP contribution in [0.2, 0.25) is 10.0 Å². The summed E-state index contributed by atoms with van der Waals surface area (Å²) in [6, 6.07) is 20.1. The van der Waals surface area contributed by atoms with Crippen molar-refractivity contribution in [2.24, 2.45) is 5.41 Å². The molecule has 0 spiro atoms. The van der Waals surface area contributed by atoms with Crippen molar-refractivity contribution < 1.29 is 14.3 Å². The molecule has 2 heterocycles. The molecule has 3 aliphatic rings. The summed E-state index contributed by atoms with van der Waals surface area (Å²) in [5.41, 5.74) is 5.09. The number of hydrogen-bond acceptors (Lipinski definition) is 5. The largest absolute Gasteiger partial charge is 0.433 e. The lowest BCUT2D eigenvalue weighted by Crippen LogP contribution is -2.38. The van der Waals surface area contributed by atoms with Gasteiger partial charge in [-0.2, -0.15) is 0 Å². The minimum atomic E-state index is -0.731. The Balaban J connectivity index is 1.65. The molecule has 2 atom stereocenters. The monoisotopic (exact) mass is 518 g/mol. The number of anilines is 2. The molecule has 1 N–H and O–H groups in total. The van der Waals surface area contributed by atoms with E-state index in [4.69, 9.17) is 27.9 Å². The van der Waals surface area contributed by atoms with Gasteiger partial charge >= 0.3 is 5.97 Å². The van der Waals surface area contributed by atoms with Crippen LogP contribution in [0.4, 0.5) is 11.4 Å². The predicted molar refractivity (Wildman–Crippen MR) is 141 cm³/mol. The van der Waals surface area contributed by atoms with Gasteiger partial charge in [-0.1, -0.05) is 73.4 Å². The molecule has 7 heteroatoms. The fourth-order valence-electron chi connectivity index (χ4n) is 5.61. The van der Waals surface area contributed by atoms with Gasteiger partial charge in [0.25, 0.3) is 0 Å². The number of nitrogens with zero attached hydrogens (tertiary/aromatic N) is 1. The smallest absolute Gasteiger partial charge is 0.340 e. The van der Waals surface area contributed by atoms with Gasteiger partial charge in [0.15, 0.2) is 5.78 Å². The summed E-state index contributed by atoms with van der Waals surface area (Å²) < 4.78 is 6.01. The molecule has 0 radical (unpaired) electrons. The molecular formula is C29H24Cl2N2O3. The number of esters is 1. The van der Waals surface area contributed by atoms with Crippen molar-refractivity contribution in [3.63, 3.8) is 0 Å². The standard InChI is InChI=1S/C29H24Cl2N2O3/c1-29(2)14-22-25(24(34)15-29)26(16-11-12-19(30)20(31)13-16)33(23-10-6-5-9-21(23)32-22)27-17-7-3-4-8-18(17)28(35)36-27/h3-13,26-27,32H,14-15H2,1-2H3/t26-,27-/m1/s1. The Kier molecular flexibility index (Phi) is 5.39. The molecule has 6 rings (SSSR count). The van der Waals surface area contributed by atoms with Gasteiger partial charge in [0.05, 0.1) is 33.0 Å². The quantitative estimate of drug-likeness (QED) is 0.356. The van der Waals surface area contributed by atoms with Crippen LogP contribution in [0.25, 0.3) is 0 Å². The Hall–Kier alpha value is -3.28. The highest BCUT2D eigenvalue weighted by Gasteiger charge is 2.46.